The average Bonchev–Trinajstić information content (AvgIpc) is 3.55. The molecule has 1 atom stereocenters. The van der Waals surface area contributed by atoms with Gasteiger partial charge in [0.25, 0.3) is 0 Å². The molecule has 1 amide bonds. The third-order valence-corrected chi connectivity index (χ3v) is 8.43. The Morgan fingerprint density at radius 3 is 2.56 bits per heavy atom. The number of hydrogen-bond donors (Lipinski definition) is 1. The number of likely N-dealkylation sites (N-methyl/N-ethyl adjacent to an activating group) is 1. The molecule has 1 unspecified atom stereocenters. The number of amides is 1. The van der Waals surface area contributed by atoms with E-state index in [1.54, 1.807) is 23.2 Å². The minimum Gasteiger partial charge on any atom is -0.478 e. The van der Waals surface area contributed by atoms with Crippen LogP contribution in [0.15, 0.2) is 60.1 Å². The monoisotopic (exact) mass is 501 g/mol. The molecule has 4 aromatic rings. The van der Waals surface area contributed by atoms with E-state index in [9.17, 15) is 14.7 Å². The maximum atomic E-state index is 13.6. The first-order valence-electron chi connectivity index (χ1n) is 12.6. The number of benzene rings is 2. The van der Waals surface area contributed by atoms with E-state index in [4.69, 9.17) is 0 Å². The highest BCUT2D eigenvalue weighted by Gasteiger charge is 2.29. The minimum atomic E-state index is -0.967. The molecule has 1 N–H and O–H groups in total. The van der Waals surface area contributed by atoms with Gasteiger partial charge in [-0.15, -0.1) is 11.3 Å². The molecule has 1 saturated carbocycles. The zero-order valence-electron chi connectivity index (χ0n) is 20.7. The molecule has 0 aliphatic heterocycles. The topological polar surface area (TPSA) is 75.4 Å². The number of rotatable bonds is 7. The molecular weight excluding hydrogens is 470 g/mol. The summed E-state index contributed by atoms with van der Waals surface area (Å²) < 4.78 is 2.05. The van der Waals surface area contributed by atoms with Crippen molar-refractivity contribution < 1.29 is 14.7 Å². The van der Waals surface area contributed by atoms with Crippen LogP contribution in [0.25, 0.3) is 22.2 Å². The SMILES string of the molecule is CC(c1nccs1)N(C)C(=O)Cn1c(-c2ccccc2)c(C2CCCCC2)c2ccc(C(=O)O)cc21. The first-order chi connectivity index (χ1) is 17.5. The normalized spacial score (nSPS) is 15.2. The quantitative estimate of drug-likeness (QED) is 0.305. The summed E-state index contributed by atoms with van der Waals surface area (Å²) in [5.41, 5.74) is 4.36. The summed E-state index contributed by atoms with van der Waals surface area (Å²) in [6.07, 6.45) is 7.59. The standard InChI is InChI=1S/C29H31N3O3S/c1-19(28-30-15-16-36-28)31(2)25(33)18-32-24-17-22(29(34)35)13-14-23(24)26(20-9-5-3-6-10-20)27(32)21-11-7-4-8-12-21/h4,7-8,11-17,19-20H,3,5-6,9-10,18H2,1-2H3,(H,34,35). The van der Waals surface area contributed by atoms with Crippen molar-refractivity contribution in [3.8, 4) is 11.3 Å². The van der Waals surface area contributed by atoms with Crippen LogP contribution in [0, 0.1) is 0 Å². The van der Waals surface area contributed by atoms with Gasteiger partial charge < -0.3 is 14.6 Å². The predicted octanol–water partition coefficient (Wildman–Crippen LogP) is 6.73. The molecule has 36 heavy (non-hydrogen) atoms. The van der Waals surface area contributed by atoms with Gasteiger partial charge in [0.1, 0.15) is 11.6 Å². The summed E-state index contributed by atoms with van der Waals surface area (Å²) in [6.45, 7) is 2.11. The molecule has 1 aliphatic rings. The van der Waals surface area contributed by atoms with Gasteiger partial charge in [0.2, 0.25) is 5.91 Å². The van der Waals surface area contributed by atoms with Crippen molar-refractivity contribution in [1.82, 2.24) is 14.5 Å². The number of thiazole rings is 1. The molecule has 5 rings (SSSR count). The number of carbonyl (C=O) groups excluding carboxylic acids is 1. The van der Waals surface area contributed by atoms with Gasteiger partial charge >= 0.3 is 5.97 Å². The van der Waals surface area contributed by atoms with E-state index in [1.165, 1.54) is 36.2 Å². The minimum absolute atomic E-state index is 0.0392. The molecular formula is C29H31N3O3S. The number of hydrogen-bond acceptors (Lipinski definition) is 4. The number of fused-ring (bicyclic) bond motifs is 1. The van der Waals surface area contributed by atoms with E-state index in [0.717, 1.165) is 40.0 Å². The first-order valence-corrected chi connectivity index (χ1v) is 13.4. The van der Waals surface area contributed by atoms with Gasteiger partial charge in [0, 0.05) is 24.0 Å². The lowest BCUT2D eigenvalue weighted by molar-refractivity contribution is -0.132. The van der Waals surface area contributed by atoms with Gasteiger partial charge in [-0.2, -0.15) is 0 Å². The van der Waals surface area contributed by atoms with Crippen molar-refractivity contribution in [2.45, 2.75) is 57.5 Å². The molecule has 2 aromatic heterocycles. The third-order valence-electron chi connectivity index (χ3n) is 7.49. The van der Waals surface area contributed by atoms with Crippen LogP contribution in [0.2, 0.25) is 0 Å². The molecule has 2 aromatic carbocycles. The van der Waals surface area contributed by atoms with Crippen LogP contribution < -0.4 is 0 Å². The van der Waals surface area contributed by atoms with Crippen LogP contribution >= 0.6 is 11.3 Å². The van der Waals surface area contributed by atoms with Gasteiger partial charge in [-0.05, 0) is 48.9 Å². The Morgan fingerprint density at radius 2 is 1.89 bits per heavy atom. The van der Waals surface area contributed by atoms with E-state index < -0.39 is 5.97 Å². The number of nitrogens with zero attached hydrogens (tertiary/aromatic N) is 3. The highest BCUT2D eigenvalue weighted by atomic mass is 32.1. The van der Waals surface area contributed by atoms with Crippen LogP contribution in [-0.2, 0) is 11.3 Å². The van der Waals surface area contributed by atoms with E-state index in [-0.39, 0.29) is 24.1 Å². The highest BCUT2D eigenvalue weighted by molar-refractivity contribution is 7.09. The van der Waals surface area contributed by atoms with Crippen molar-refractivity contribution in [1.29, 1.82) is 0 Å². The van der Waals surface area contributed by atoms with Crippen LogP contribution in [0.5, 0.6) is 0 Å². The first kappa shape index (κ1) is 24.3. The van der Waals surface area contributed by atoms with Gasteiger partial charge in [-0.25, -0.2) is 9.78 Å². The summed E-state index contributed by atoms with van der Waals surface area (Å²) in [7, 11) is 1.81. The summed E-state index contributed by atoms with van der Waals surface area (Å²) in [5.74, 6) is -0.621. The lowest BCUT2D eigenvalue weighted by Gasteiger charge is -2.25. The van der Waals surface area contributed by atoms with E-state index in [1.807, 2.05) is 43.6 Å². The van der Waals surface area contributed by atoms with E-state index >= 15 is 0 Å². The Hall–Kier alpha value is -3.45. The molecule has 7 heteroatoms. The molecule has 0 bridgehead atoms. The second-order valence-corrected chi connectivity index (χ2v) is 10.6. The molecule has 0 saturated heterocycles. The maximum absolute atomic E-state index is 13.6. The number of aromatic carboxylic acids is 1. The van der Waals surface area contributed by atoms with Gasteiger partial charge in [0.05, 0.1) is 22.8 Å². The zero-order valence-corrected chi connectivity index (χ0v) is 21.5. The van der Waals surface area contributed by atoms with Crippen molar-refractivity contribution >= 4 is 34.1 Å². The molecule has 186 valence electrons. The molecule has 6 nitrogen and oxygen atoms in total. The largest absolute Gasteiger partial charge is 0.478 e. The van der Waals surface area contributed by atoms with Crippen molar-refractivity contribution in [3.05, 3.63) is 76.2 Å². The summed E-state index contributed by atoms with van der Waals surface area (Å²) >= 11 is 1.54. The fraction of sp³-hybridized carbons (Fsp3) is 0.345. The lowest BCUT2D eigenvalue weighted by atomic mass is 9.82. The van der Waals surface area contributed by atoms with Crippen molar-refractivity contribution in [2.24, 2.45) is 0 Å². The molecule has 0 radical (unpaired) electrons. The molecule has 1 aliphatic carbocycles. The number of carbonyl (C=O) groups is 2. The Kier molecular flexibility index (Phi) is 6.92. The van der Waals surface area contributed by atoms with Crippen LogP contribution in [0.3, 0.4) is 0 Å². The second-order valence-electron chi connectivity index (χ2n) is 9.64. The van der Waals surface area contributed by atoms with Crippen LogP contribution in [-0.4, -0.2) is 38.5 Å². The van der Waals surface area contributed by atoms with Crippen LogP contribution in [0.4, 0.5) is 0 Å². The van der Waals surface area contributed by atoms with Gasteiger partial charge in [-0.3, -0.25) is 4.79 Å². The molecule has 0 spiro atoms. The molecule has 2 heterocycles. The van der Waals surface area contributed by atoms with Gasteiger partial charge in [-0.1, -0.05) is 55.7 Å². The van der Waals surface area contributed by atoms with E-state index in [0.29, 0.717) is 5.92 Å². The Bertz CT molecular complexity index is 1370. The Balaban J connectivity index is 1.68. The highest BCUT2D eigenvalue weighted by Crippen LogP contribution is 2.44. The summed E-state index contributed by atoms with van der Waals surface area (Å²) in [4.78, 5) is 31.7. The van der Waals surface area contributed by atoms with Gasteiger partial charge in [0.15, 0.2) is 0 Å². The lowest BCUT2D eigenvalue weighted by Crippen LogP contribution is -2.32. The average molecular weight is 502 g/mol. The third kappa shape index (κ3) is 4.55. The number of aromatic nitrogens is 2. The fourth-order valence-corrected chi connectivity index (χ4v) is 6.19. The van der Waals surface area contributed by atoms with Crippen molar-refractivity contribution in [2.75, 3.05) is 7.05 Å². The number of carboxylic acids is 1. The Labute approximate surface area is 215 Å². The van der Waals surface area contributed by atoms with Crippen molar-refractivity contribution in [3.63, 3.8) is 0 Å². The second kappa shape index (κ2) is 10.3. The van der Waals surface area contributed by atoms with E-state index in [2.05, 4.69) is 21.7 Å². The summed E-state index contributed by atoms with van der Waals surface area (Å²) in [6, 6.07) is 15.4. The maximum Gasteiger partial charge on any atom is 0.335 e. The zero-order chi connectivity index (χ0) is 25.2. The fourth-order valence-electron chi connectivity index (χ4n) is 5.45. The smallest absolute Gasteiger partial charge is 0.335 e. The summed E-state index contributed by atoms with van der Waals surface area (Å²) in [5, 5.41) is 13.6. The number of carboxylic acid groups (broad SMARTS) is 1. The Morgan fingerprint density at radius 1 is 1.14 bits per heavy atom. The van der Waals surface area contributed by atoms with Crippen LogP contribution in [0.1, 0.15) is 71.9 Å². The molecule has 1 fully saturated rings. The predicted molar refractivity (Wildman–Crippen MR) is 143 cm³/mol.